The fourth-order valence-corrected chi connectivity index (χ4v) is 0.0830. The summed E-state index contributed by atoms with van der Waals surface area (Å²) in [6.07, 6.45) is 1.50. The van der Waals surface area contributed by atoms with Gasteiger partial charge in [-0.1, -0.05) is 21.3 Å². The molecule has 73 valence electrons. The molecule has 0 aromatic carbocycles. The summed E-state index contributed by atoms with van der Waals surface area (Å²) in [6, 6.07) is 0. The minimum Gasteiger partial charge on any atom is -0.634 e. The Balaban J connectivity index is -0.0000000246. The van der Waals surface area contributed by atoms with E-state index in [0.29, 0.717) is 0 Å². The first-order valence-corrected chi connectivity index (χ1v) is 2.10. The van der Waals surface area contributed by atoms with Gasteiger partial charge in [-0.25, -0.2) is 0 Å². The van der Waals surface area contributed by atoms with Gasteiger partial charge in [-0.3, -0.25) is 6.29 Å². The third-order valence-corrected chi connectivity index (χ3v) is 0.236. The Morgan fingerprint density at radius 2 is 1.58 bits per heavy atom. The predicted molar refractivity (Wildman–Crippen MR) is 43.5 cm³/mol. The van der Waals surface area contributed by atoms with Crippen LogP contribution in [0.2, 0.25) is 0 Å². The number of methoxy groups -OCH3 is 1. The molecule has 0 N–H and O–H groups in total. The Morgan fingerprint density at radius 3 is 1.67 bits per heavy atom. The van der Waals surface area contributed by atoms with Crippen molar-refractivity contribution in [2.45, 2.75) is 21.8 Å². The van der Waals surface area contributed by atoms with Crippen LogP contribution in [0.25, 0.3) is 0 Å². The van der Waals surface area contributed by atoms with E-state index >= 15 is 0 Å². The number of ether oxygens (including phenoxy) is 2. The van der Waals surface area contributed by atoms with Crippen LogP contribution in [0.15, 0.2) is 0 Å². The van der Waals surface area contributed by atoms with Crippen LogP contribution in [0.1, 0.15) is 21.8 Å². The first-order valence-electron chi connectivity index (χ1n) is 2.10. The molecule has 0 bridgehead atoms. The van der Waals surface area contributed by atoms with Crippen molar-refractivity contribution >= 4 is 12.8 Å². The summed E-state index contributed by atoms with van der Waals surface area (Å²) in [6.45, 7) is 2.50. The van der Waals surface area contributed by atoms with Crippen LogP contribution in [0.3, 0.4) is 0 Å². The summed E-state index contributed by atoms with van der Waals surface area (Å²) in [7, 11) is 1.43. The zero-order valence-corrected chi connectivity index (χ0v) is 8.76. The minimum absolute atomic E-state index is 0. The van der Waals surface area contributed by atoms with Gasteiger partial charge in [0.05, 0.1) is 0 Å². The summed E-state index contributed by atoms with van der Waals surface area (Å²) in [4.78, 5) is 17.8. The molecule has 0 aromatic rings. The molecule has 0 aromatic heterocycles. The number of carbonyl (C=O) groups excluding carboxylic acids is 2. The van der Waals surface area contributed by atoms with Crippen LogP contribution in [-0.4, -0.2) is 26.7 Å². The Morgan fingerprint density at radius 1 is 1.25 bits per heavy atom. The third-order valence-electron chi connectivity index (χ3n) is 0.236. The van der Waals surface area contributed by atoms with Crippen LogP contribution in [0.4, 0.5) is 0 Å². The smallest absolute Gasteiger partial charge is 0.155 e. The quantitative estimate of drug-likeness (QED) is 0.428. The molecular weight excluding hydrogens is 237 g/mol. The summed E-state index contributed by atoms with van der Waals surface area (Å²) < 4.78 is 8.25. The molecule has 0 aliphatic heterocycles. The van der Waals surface area contributed by atoms with Gasteiger partial charge < -0.3 is 19.1 Å². The average molecular weight is 253 g/mol. The van der Waals surface area contributed by atoms with Gasteiger partial charge in [-0.2, -0.15) is 6.92 Å². The second-order valence-corrected chi connectivity index (χ2v) is 0.838. The van der Waals surface area contributed by atoms with Crippen molar-refractivity contribution in [2.75, 3.05) is 13.9 Å². The van der Waals surface area contributed by atoms with Crippen molar-refractivity contribution < 1.29 is 51.8 Å². The third kappa shape index (κ3) is 84.2. The van der Waals surface area contributed by atoms with Crippen LogP contribution in [-0.2, 0) is 51.8 Å². The summed E-state index contributed by atoms with van der Waals surface area (Å²) >= 11 is 0. The maximum atomic E-state index is 9.14. The van der Waals surface area contributed by atoms with Gasteiger partial charge in [-0.05, 0) is 0 Å². The molecule has 4 nitrogen and oxygen atoms in total. The first kappa shape index (κ1) is 29.5. The van der Waals surface area contributed by atoms with E-state index in [0.717, 1.165) is 0 Å². The van der Waals surface area contributed by atoms with Crippen LogP contribution in [0, 0.1) is 0 Å². The average Bonchev–Trinajstić information content (AvgIpc) is 1.86. The van der Waals surface area contributed by atoms with Gasteiger partial charge in [0.2, 0.25) is 0 Å². The van der Waals surface area contributed by atoms with Gasteiger partial charge in [0.25, 0.3) is 0 Å². The van der Waals surface area contributed by atoms with E-state index in [4.69, 9.17) is 9.59 Å². The van der Waals surface area contributed by atoms with E-state index in [2.05, 4.69) is 9.47 Å². The van der Waals surface area contributed by atoms with E-state index in [1.54, 1.807) is 0 Å². The molecule has 0 atom stereocenters. The summed E-state index contributed by atoms with van der Waals surface area (Å²) in [5.41, 5.74) is 0. The van der Waals surface area contributed by atoms with E-state index in [-0.39, 0.29) is 54.4 Å². The van der Waals surface area contributed by atoms with Crippen LogP contribution in [0.5, 0.6) is 0 Å². The van der Waals surface area contributed by atoms with Crippen LogP contribution < -0.4 is 0 Å². The Bertz CT molecular complexity index is 68.4. The normalized spacial score (nSPS) is 4.83. The molecule has 0 saturated carbocycles. The van der Waals surface area contributed by atoms with Crippen molar-refractivity contribution in [3.8, 4) is 0 Å². The largest absolute Gasteiger partial charge is 0.634 e. The van der Waals surface area contributed by atoms with E-state index in [9.17, 15) is 0 Å². The van der Waals surface area contributed by atoms with Crippen molar-refractivity contribution in [1.29, 1.82) is 0 Å². The number of hydrogen-bond donors (Lipinski definition) is 0. The van der Waals surface area contributed by atoms with Crippen molar-refractivity contribution in [1.82, 2.24) is 0 Å². The van der Waals surface area contributed by atoms with E-state index < -0.39 is 0 Å². The van der Waals surface area contributed by atoms with Gasteiger partial charge in [0.1, 0.15) is 0 Å². The zero-order valence-electron chi connectivity index (χ0n) is 5.92. The molecule has 0 heterocycles. The second-order valence-electron chi connectivity index (χ2n) is 0.838. The number of hydrogen-bond acceptors (Lipinski definition) is 4. The molecular formula is C7H16O4Y-2. The maximum absolute atomic E-state index is 9.14. The molecule has 0 amide bonds. The molecule has 0 rings (SSSR count). The Kier molecular flexibility index (Phi) is 106. The van der Waals surface area contributed by atoms with E-state index in [1.165, 1.54) is 26.8 Å². The predicted octanol–water partition coefficient (Wildman–Crippen LogP) is 1.06. The molecule has 0 aliphatic carbocycles. The number of rotatable bonds is 3. The zero-order chi connectivity index (χ0) is 7.54. The topological polar surface area (TPSA) is 52.6 Å². The fourth-order valence-electron chi connectivity index (χ4n) is 0.0830. The van der Waals surface area contributed by atoms with Gasteiger partial charge in [-0.15, -0.1) is 0 Å². The molecule has 0 aliphatic rings. The van der Waals surface area contributed by atoms with Gasteiger partial charge in [0, 0.05) is 39.8 Å². The standard InChI is InChI=1S/C3H5O3.C2H3O.2CH4.Y/c1-5-3-6-2-4;1-2-3;;;/h3H2,1H3;1H3;2*1H4;/q2*-1;;;. The molecule has 12 heavy (non-hydrogen) atoms. The van der Waals surface area contributed by atoms with Crippen molar-refractivity contribution in [3.05, 3.63) is 0 Å². The van der Waals surface area contributed by atoms with E-state index in [1.807, 2.05) is 0 Å². The monoisotopic (exact) mass is 253 g/mol. The van der Waals surface area contributed by atoms with Gasteiger partial charge >= 0.3 is 0 Å². The maximum Gasteiger partial charge on any atom is 0.155 e. The Labute approximate surface area is 99.9 Å². The molecule has 0 fully saturated rings. The van der Waals surface area contributed by atoms with Crippen molar-refractivity contribution in [3.63, 3.8) is 0 Å². The molecule has 0 saturated heterocycles. The molecule has 0 spiro atoms. The first-order chi connectivity index (χ1) is 4.33. The van der Waals surface area contributed by atoms with Crippen molar-refractivity contribution in [2.24, 2.45) is 0 Å². The molecule has 1 radical (unpaired) electrons. The fraction of sp³-hybridized carbons (Fsp3) is 0.714. The van der Waals surface area contributed by atoms with Gasteiger partial charge in [0.15, 0.2) is 6.79 Å². The molecule has 0 unspecified atom stereocenters. The Hall–Kier alpha value is 0.204. The SMILES string of the molecule is C.C.COCO[C-]=O.C[C-]=O.[Y]. The summed E-state index contributed by atoms with van der Waals surface area (Å²) in [5.74, 6) is 0. The van der Waals surface area contributed by atoms with Crippen LogP contribution >= 0.6 is 0 Å². The summed E-state index contributed by atoms with van der Waals surface area (Å²) in [5, 5.41) is 0. The second kappa shape index (κ2) is 43.1. The molecule has 5 heteroatoms. The minimum atomic E-state index is -0.0104.